The van der Waals surface area contributed by atoms with Crippen LogP contribution >= 0.6 is 11.8 Å². The van der Waals surface area contributed by atoms with Gasteiger partial charge >= 0.3 is 11.7 Å². The summed E-state index contributed by atoms with van der Waals surface area (Å²) in [6.07, 6.45) is 2.38. The van der Waals surface area contributed by atoms with Crippen molar-refractivity contribution in [3.63, 3.8) is 0 Å². The van der Waals surface area contributed by atoms with E-state index in [9.17, 15) is 14.4 Å². The number of thioether (sulfide) groups is 1. The molecule has 0 saturated heterocycles. The lowest BCUT2D eigenvalue weighted by molar-refractivity contribution is -0.142. The molecule has 2 N–H and O–H groups in total. The monoisotopic (exact) mass is 287 g/mol. The molecule has 0 bridgehead atoms. The molecule has 0 aromatic carbocycles. The minimum Gasteiger partial charge on any atom is -0.465 e. The minimum absolute atomic E-state index is 0.0637. The van der Waals surface area contributed by atoms with Crippen molar-refractivity contribution in [2.45, 2.75) is 43.4 Å². The highest BCUT2D eigenvalue weighted by atomic mass is 32.2. The molecule has 0 amide bonds. The van der Waals surface area contributed by atoms with Crippen molar-refractivity contribution in [1.29, 1.82) is 0 Å². The van der Waals surface area contributed by atoms with Crippen LogP contribution in [-0.2, 0) is 9.53 Å². The number of aromatic nitrogens is 3. The third-order valence-electron chi connectivity index (χ3n) is 2.30. The number of hydrogen-bond acceptors (Lipinski definition) is 6. The van der Waals surface area contributed by atoms with E-state index in [0.29, 0.717) is 6.42 Å². The van der Waals surface area contributed by atoms with Crippen LogP contribution in [0.3, 0.4) is 0 Å². The van der Waals surface area contributed by atoms with Gasteiger partial charge in [0.1, 0.15) is 5.25 Å². The van der Waals surface area contributed by atoms with Gasteiger partial charge in [-0.3, -0.25) is 14.6 Å². The van der Waals surface area contributed by atoms with E-state index in [1.807, 2.05) is 6.92 Å². The summed E-state index contributed by atoms with van der Waals surface area (Å²) in [5.41, 5.74) is -1.27. The van der Waals surface area contributed by atoms with Gasteiger partial charge in [-0.2, -0.15) is 5.10 Å². The van der Waals surface area contributed by atoms with Crippen LogP contribution in [-0.4, -0.2) is 33.0 Å². The fourth-order valence-electron chi connectivity index (χ4n) is 1.40. The van der Waals surface area contributed by atoms with Crippen molar-refractivity contribution in [3.8, 4) is 0 Å². The number of carbonyl (C=O) groups is 1. The molecule has 0 aliphatic carbocycles. The number of unbranched alkanes of at least 4 members (excludes halogenated alkanes) is 1. The molecule has 106 valence electrons. The Morgan fingerprint density at radius 3 is 2.74 bits per heavy atom. The van der Waals surface area contributed by atoms with E-state index < -0.39 is 16.5 Å². The summed E-state index contributed by atoms with van der Waals surface area (Å²) in [6.45, 7) is 4.03. The second kappa shape index (κ2) is 7.78. The highest BCUT2D eigenvalue weighted by Gasteiger charge is 2.22. The van der Waals surface area contributed by atoms with E-state index in [1.165, 1.54) is 0 Å². The summed E-state index contributed by atoms with van der Waals surface area (Å²) in [5, 5.41) is 5.36. The first-order valence-electron chi connectivity index (χ1n) is 6.10. The largest absolute Gasteiger partial charge is 0.465 e. The maximum absolute atomic E-state index is 11.8. The number of hydrogen-bond donors (Lipinski definition) is 2. The standard InChI is InChI=1S/C11H17N3O4S/c1-3-5-6-7(10(16)18-4-2)19-9-8(15)12-11(17)14-13-9/h7H,3-6H2,1-2H3,(H2,12,14,15,17)/t7-/m0/s1. The molecule has 0 spiro atoms. The van der Waals surface area contributed by atoms with Gasteiger partial charge in [0, 0.05) is 0 Å². The summed E-state index contributed by atoms with van der Waals surface area (Å²) in [5.74, 6) is -0.367. The van der Waals surface area contributed by atoms with Gasteiger partial charge in [0.05, 0.1) is 6.61 Å². The van der Waals surface area contributed by atoms with E-state index in [1.54, 1.807) is 6.92 Å². The minimum atomic E-state index is -0.671. The fraction of sp³-hybridized carbons (Fsp3) is 0.636. The summed E-state index contributed by atoms with van der Waals surface area (Å²) in [4.78, 5) is 36.2. The fourth-order valence-corrected chi connectivity index (χ4v) is 2.38. The smallest absolute Gasteiger partial charge is 0.342 e. The second-order valence-electron chi connectivity index (χ2n) is 3.81. The van der Waals surface area contributed by atoms with E-state index in [4.69, 9.17) is 4.74 Å². The van der Waals surface area contributed by atoms with Crippen molar-refractivity contribution < 1.29 is 9.53 Å². The van der Waals surface area contributed by atoms with Crippen molar-refractivity contribution in [1.82, 2.24) is 15.2 Å². The molecular formula is C11H17N3O4S. The average molecular weight is 287 g/mol. The molecule has 7 nitrogen and oxygen atoms in total. The quantitative estimate of drug-likeness (QED) is 0.564. The maximum atomic E-state index is 11.8. The molecular weight excluding hydrogens is 270 g/mol. The number of rotatable bonds is 7. The van der Waals surface area contributed by atoms with Crippen LogP contribution in [0.4, 0.5) is 0 Å². The Morgan fingerprint density at radius 2 is 2.16 bits per heavy atom. The molecule has 1 atom stereocenters. The third-order valence-corrected chi connectivity index (χ3v) is 3.52. The average Bonchev–Trinajstić information content (AvgIpc) is 2.37. The zero-order chi connectivity index (χ0) is 14.3. The Hall–Kier alpha value is -1.57. The van der Waals surface area contributed by atoms with Gasteiger partial charge in [0.25, 0.3) is 5.56 Å². The highest BCUT2D eigenvalue weighted by Crippen LogP contribution is 2.23. The molecule has 0 aliphatic rings. The summed E-state index contributed by atoms with van der Waals surface area (Å²) < 4.78 is 4.97. The van der Waals surface area contributed by atoms with Crippen molar-refractivity contribution in [2.24, 2.45) is 0 Å². The molecule has 0 fully saturated rings. The first-order valence-corrected chi connectivity index (χ1v) is 6.98. The SMILES string of the molecule is CCCC[C@H](Sc1n[nH]c(=O)[nH]c1=O)C(=O)OCC. The van der Waals surface area contributed by atoms with Gasteiger partial charge in [-0.1, -0.05) is 31.5 Å². The molecule has 0 radical (unpaired) electrons. The van der Waals surface area contributed by atoms with E-state index >= 15 is 0 Å². The number of carbonyl (C=O) groups excluding carboxylic acids is 1. The Morgan fingerprint density at radius 1 is 1.42 bits per heavy atom. The predicted molar refractivity (Wildman–Crippen MR) is 71.3 cm³/mol. The lowest BCUT2D eigenvalue weighted by Crippen LogP contribution is -2.27. The van der Waals surface area contributed by atoms with E-state index in [-0.39, 0.29) is 17.6 Å². The predicted octanol–water partition coefficient (Wildman–Crippen LogP) is 0.672. The van der Waals surface area contributed by atoms with Gasteiger partial charge in [0.2, 0.25) is 0 Å². The molecule has 1 aromatic rings. The van der Waals surface area contributed by atoms with Crippen molar-refractivity contribution in [3.05, 3.63) is 20.8 Å². The van der Waals surface area contributed by atoms with Crippen LogP contribution in [0.1, 0.15) is 33.1 Å². The van der Waals surface area contributed by atoms with E-state index in [2.05, 4.69) is 15.2 Å². The molecule has 1 heterocycles. The van der Waals surface area contributed by atoms with Crippen molar-refractivity contribution >= 4 is 17.7 Å². The Kier molecular flexibility index (Phi) is 6.34. The molecule has 0 aliphatic heterocycles. The van der Waals surface area contributed by atoms with Crippen LogP contribution in [0.15, 0.2) is 14.6 Å². The van der Waals surface area contributed by atoms with Crippen LogP contribution in [0, 0.1) is 0 Å². The lowest BCUT2D eigenvalue weighted by Gasteiger charge is -2.13. The van der Waals surface area contributed by atoms with Gasteiger partial charge in [-0.15, -0.1) is 0 Å². The molecule has 19 heavy (non-hydrogen) atoms. The number of ether oxygens (including phenoxy) is 1. The molecule has 0 unspecified atom stereocenters. The maximum Gasteiger partial charge on any atom is 0.342 e. The van der Waals surface area contributed by atoms with Gasteiger partial charge in [-0.25, -0.2) is 9.89 Å². The first kappa shape index (κ1) is 15.5. The van der Waals surface area contributed by atoms with Gasteiger partial charge < -0.3 is 4.74 Å². The first-order chi connectivity index (χ1) is 9.08. The molecule has 8 heteroatoms. The highest BCUT2D eigenvalue weighted by molar-refractivity contribution is 8.00. The normalized spacial score (nSPS) is 12.1. The Labute approximate surface area is 114 Å². The van der Waals surface area contributed by atoms with Crippen LogP contribution < -0.4 is 11.2 Å². The van der Waals surface area contributed by atoms with Crippen LogP contribution in [0.25, 0.3) is 0 Å². The van der Waals surface area contributed by atoms with E-state index in [0.717, 1.165) is 24.6 Å². The van der Waals surface area contributed by atoms with Crippen LogP contribution in [0.2, 0.25) is 0 Å². The summed E-state index contributed by atoms with van der Waals surface area (Å²) in [6, 6.07) is 0. The Balaban J connectivity index is 2.83. The topological polar surface area (TPSA) is 105 Å². The summed E-state index contributed by atoms with van der Waals surface area (Å²) >= 11 is 1.01. The number of nitrogens with zero attached hydrogens (tertiary/aromatic N) is 1. The zero-order valence-electron chi connectivity index (χ0n) is 10.9. The van der Waals surface area contributed by atoms with Crippen LogP contribution in [0.5, 0.6) is 0 Å². The Bertz CT molecular complexity index is 525. The lowest BCUT2D eigenvalue weighted by atomic mass is 10.2. The molecule has 0 saturated carbocycles. The zero-order valence-corrected chi connectivity index (χ0v) is 11.7. The number of esters is 1. The van der Waals surface area contributed by atoms with Gasteiger partial charge in [0.15, 0.2) is 5.03 Å². The second-order valence-corrected chi connectivity index (χ2v) is 5.00. The molecule has 1 rings (SSSR count). The number of aromatic amines is 2. The number of H-pyrrole nitrogens is 2. The molecule has 1 aromatic heterocycles. The summed E-state index contributed by atoms with van der Waals surface area (Å²) in [7, 11) is 0. The number of nitrogens with one attached hydrogen (secondary N) is 2. The third kappa shape index (κ3) is 4.90. The van der Waals surface area contributed by atoms with Crippen molar-refractivity contribution in [2.75, 3.05) is 6.61 Å². The van der Waals surface area contributed by atoms with Gasteiger partial charge in [-0.05, 0) is 13.3 Å².